The van der Waals surface area contributed by atoms with Crippen molar-refractivity contribution in [2.45, 2.75) is 26.4 Å². The fourth-order valence-electron chi connectivity index (χ4n) is 0.621. The lowest BCUT2D eigenvalue weighted by Gasteiger charge is -2.12. The molecule has 0 aliphatic heterocycles. The Morgan fingerprint density at radius 1 is 1.50 bits per heavy atom. The summed E-state index contributed by atoms with van der Waals surface area (Å²) in [5.74, 6) is 5.44. The van der Waals surface area contributed by atoms with Crippen LogP contribution in [-0.2, 0) is 0 Å². The molecule has 0 amide bonds. The van der Waals surface area contributed by atoms with Crippen LogP contribution in [0.15, 0.2) is 0 Å². The van der Waals surface area contributed by atoms with Gasteiger partial charge in [-0.05, 0) is 13.8 Å². The molecule has 2 unspecified atom stereocenters. The summed E-state index contributed by atoms with van der Waals surface area (Å²) in [7, 11) is 0. The van der Waals surface area contributed by atoms with Gasteiger partial charge in [0.25, 0.3) is 0 Å². The van der Waals surface area contributed by atoms with Gasteiger partial charge in [0.2, 0.25) is 0 Å². The summed E-state index contributed by atoms with van der Waals surface area (Å²) in [5, 5.41) is 17.7. The molecule has 2 heteroatoms. The van der Waals surface area contributed by atoms with Gasteiger partial charge in [-0.3, -0.25) is 0 Å². The Hall–Kier alpha value is -0.520. The molecule has 0 aromatic rings. The molecule has 0 heterocycles. The summed E-state index contributed by atoms with van der Waals surface area (Å²) in [6.07, 6.45) is 0.107. The molecule has 0 aliphatic carbocycles. The van der Waals surface area contributed by atoms with Gasteiger partial charge in [-0.1, -0.05) is 0 Å². The fraction of sp³-hybridized carbons (Fsp3) is 0.750. The Labute approximate surface area is 61.9 Å². The molecule has 0 radical (unpaired) electrons. The van der Waals surface area contributed by atoms with Crippen molar-refractivity contribution < 1.29 is 10.2 Å². The van der Waals surface area contributed by atoms with E-state index in [1.165, 1.54) is 0 Å². The summed E-state index contributed by atoms with van der Waals surface area (Å²) in [6.45, 7) is 3.42. The van der Waals surface area contributed by atoms with Crippen molar-refractivity contribution in [3.63, 3.8) is 0 Å². The topological polar surface area (TPSA) is 40.5 Å². The van der Waals surface area contributed by atoms with Gasteiger partial charge in [0.05, 0.1) is 6.10 Å². The highest BCUT2D eigenvalue weighted by atomic mass is 16.3. The molecule has 0 bridgehead atoms. The van der Waals surface area contributed by atoms with Crippen LogP contribution in [0.5, 0.6) is 0 Å². The molecule has 10 heavy (non-hydrogen) atoms. The van der Waals surface area contributed by atoms with Gasteiger partial charge >= 0.3 is 0 Å². The lowest BCUT2D eigenvalue weighted by molar-refractivity contribution is 0.0837. The molecule has 0 aliphatic rings. The number of rotatable bonds is 3. The summed E-state index contributed by atoms with van der Waals surface area (Å²) < 4.78 is 0. The molecule has 0 aromatic carbocycles. The van der Waals surface area contributed by atoms with Gasteiger partial charge in [0, 0.05) is 18.9 Å². The van der Waals surface area contributed by atoms with Crippen molar-refractivity contribution in [2.75, 3.05) is 6.61 Å². The monoisotopic (exact) mass is 142 g/mol. The lowest BCUT2D eigenvalue weighted by Crippen LogP contribution is -2.19. The molecular formula is C8H14O2. The summed E-state index contributed by atoms with van der Waals surface area (Å²) in [4.78, 5) is 0. The van der Waals surface area contributed by atoms with Crippen LogP contribution in [0.2, 0.25) is 0 Å². The minimum Gasteiger partial charge on any atom is -0.396 e. The zero-order valence-electron chi connectivity index (χ0n) is 6.46. The van der Waals surface area contributed by atoms with E-state index in [-0.39, 0.29) is 12.5 Å². The molecule has 2 N–H and O–H groups in total. The zero-order valence-corrected chi connectivity index (χ0v) is 6.46. The van der Waals surface area contributed by atoms with Gasteiger partial charge in [0.1, 0.15) is 0 Å². The van der Waals surface area contributed by atoms with Gasteiger partial charge in [-0.2, -0.15) is 0 Å². The molecule has 58 valence electrons. The van der Waals surface area contributed by atoms with E-state index in [1.807, 2.05) is 0 Å². The lowest BCUT2D eigenvalue weighted by atomic mass is 10.0. The van der Waals surface area contributed by atoms with E-state index in [2.05, 4.69) is 11.8 Å². The summed E-state index contributed by atoms with van der Waals surface area (Å²) in [5.41, 5.74) is 0. The quantitative estimate of drug-likeness (QED) is 0.559. The third-order valence-corrected chi connectivity index (χ3v) is 1.46. The van der Waals surface area contributed by atoms with Gasteiger partial charge < -0.3 is 10.2 Å². The minimum absolute atomic E-state index is 0.00630. The van der Waals surface area contributed by atoms with Crippen LogP contribution in [0.25, 0.3) is 0 Å². The highest BCUT2D eigenvalue weighted by Crippen LogP contribution is 2.05. The maximum absolute atomic E-state index is 9.01. The molecule has 0 rings (SSSR count). The van der Waals surface area contributed by atoms with Crippen molar-refractivity contribution in [1.29, 1.82) is 0 Å². The van der Waals surface area contributed by atoms with E-state index in [0.29, 0.717) is 6.42 Å². The maximum atomic E-state index is 9.01. The Balaban J connectivity index is 3.67. The van der Waals surface area contributed by atoms with Crippen LogP contribution in [0.3, 0.4) is 0 Å². The van der Waals surface area contributed by atoms with Crippen molar-refractivity contribution in [1.82, 2.24) is 0 Å². The zero-order chi connectivity index (χ0) is 7.98. The second-order valence-corrected chi connectivity index (χ2v) is 2.31. The van der Waals surface area contributed by atoms with Crippen molar-refractivity contribution in [3.8, 4) is 11.8 Å². The van der Waals surface area contributed by atoms with Crippen molar-refractivity contribution in [2.24, 2.45) is 5.92 Å². The van der Waals surface area contributed by atoms with Crippen LogP contribution in [0.1, 0.15) is 20.3 Å². The van der Waals surface area contributed by atoms with Crippen LogP contribution in [-0.4, -0.2) is 22.9 Å². The van der Waals surface area contributed by atoms with E-state index in [0.717, 1.165) is 0 Å². The smallest absolute Gasteiger partial charge is 0.0571 e. The average Bonchev–Trinajstić information content (AvgIpc) is 1.89. The predicted octanol–water partition coefficient (Wildman–Crippen LogP) is 0.389. The standard InChI is InChI=1S/C8H14O2/c1-3-4-5-8(6-9)7(2)10/h7-10H,5-6H2,1-2H3. The van der Waals surface area contributed by atoms with Crippen LogP contribution >= 0.6 is 0 Å². The Morgan fingerprint density at radius 2 is 2.10 bits per heavy atom. The molecule has 2 atom stereocenters. The number of aliphatic hydroxyl groups is 2. The first-order valence-corrected chi connectivity index (χ1v) is 3.41. The highest BCUT2D eigenvalue weighted by Gasteiger charge is 2.11. The number of aliphatic hydroxyl groups excluding tert-OH is 2. The van der Waals surface area contributed by atoms with E-state index < -0.39 is 6.10 Å². The second kappa shape index (κ2) is 5.28. The molecule has 2 nitrogen and oxygen atoms in total. The first-order valence-electron chi connectivity index (χ1n) is 3.41. The summed E-state index contributed by atoms with van der Waals surface area (Å²) >= 11 is 0. The first-order chi connectivity index (χ1) is 4.72. The number of hydrogen-bond acceptors (Lipinski definition) is 2. The van der Waals surface area contributed by atoms with Gasteiger partial charge in [-0.25, -0.2) is 0 Å². The molecule has 0 fully saturated rings. The SMILES string of the molecule is CC#CCC(CO)C(C)O. The van der Waals surface area contributed by atoms with E-state index >= 15 is 0 Å². The summed E-state index contributed by atoms with van der Waals surface area (Å²) in [6, 6.07) is 0. The van der Waals surface area contributed by atoms with Gasteiger partial charge in [0.15, 0.2) is 0 Å². The second-order valence-electron chi connectivity index (χ2n) is 2.31. The molecular weight excluding hydrogens is 128 g/mol. The Bertz CT molecular complexity index is 130. The third kappa shape index (κ3) is 3.49. The minimum atomic E-state index is -0.467. The van der Waals surface area contributed by atoms with E-state index in [9.17, 15) is 0 Å². The third-order valence-electron chi connectivity index (χ3n) is 1.46. The largest absolute Gasteiger partial charge is 0.396 e. The normalized spacial score (nSPS) is 15.2. The Kier molecular flexibility index (Phi) is 5.00. The van der Waals surface area contributed by atoms with Crippen LogP contribution < -0.4 is 0 Å². The first kappa shape index (κ1) is 9.48. The maximum Gasteiger partial charge on any atom is 0.0571 e. The molecule has 0 saturated carbocycles. The number of hydrogen-bond donors (Lipinski definition) is 2. The average molecular weight is 142 g/mol. The van der Waals surface area contributed by atoms with Crippen molar-refractivity contribution >= 4 is 0 Å². The van der Waals surface area contributed by atoms with Crippen LogP contribution in [0.4, 0.5) is 0 Å². The van der Waals surface area contributed by atoms with Gasteiger partial charge in [-0.15, -0.1) is 11.8 Å². The molecule has 0 aromatic heterocycles. The van der Waals surface area contributed by atoms with Crippen LogP contribution in [0, 0.1) is 17.8 Å². The van der Waals surface area contributed by atoms with E-state index in [1.54, 1.807) is 13.8 Å². The van der Waals surface area contributed by atoms with E-state index in [4.69, 9.17) is 10.2 Å². The highest BCUT2D eigenvalue weighted by molar-refractivity contribution is 4.97. The predicted molar refractivity (Wildman–Crippen MR) is 40.3 cm³/mol. The Morgan fingerprint density at radius 3 is 2.40 bits per heavy atom. The van der Waals surface area contributed by atoms with Crippen molar-refractivity contribution in [3.05, 3.63) is 0 Å². The molecule has 0 spiro atoms. The fourth-order valence-corrected chi connectivity index (χ4v) is 0.621. The molecule has 0 saturated heterocycles.